The molecule has 0 bridgehead atoms. The topological polar surface area (TPSA) is 330 Å². The van der Waals surface area contributed by atoms with Crippen molar-refractivity contribution in [3.63, 3.8) is 0 Å². The molecule has 2 aromatic heterocycles. The van der Waals surface area contributed by atoms with E-state index in [0.29, 0.717) is 99.4 Å². The molecule has 3 saturated heterocycles. The minimum absolute atomic E-state index is 0.0863. The highest BCUT2D eigenvalue weighted by Gasteiger charge is 2.43. The van der Waals surface area contributed by atoms with Crippen molar-refractivity contribution in [1.82, 2.24) is 47.2 Å². The number of nitrogens with one attached hydrogen (secondary N) is 3. The quantitative estimate of drug-likeness (QED) is 0.0581. The SMILES string of the molecule is CC(C)(C)OC(=O)N1CC[C@@H](N2Cc3ccc(Br)cc3NS2(=O)=O)C1.Cn1cc(-c2ccc3c(c2)NS(=O)(=O)N([C@@H]2CCN(C#N)C2)C3)cn1.Cn1cc(-c2ccc3c(c2)NS(=O)(=O)N([C@@H]2CCN(C(=O)OC(C)(C)C)C2)C3)cn1.O=Cc1ccc(Br)cc1[N+](=O)[O-]. The van der Waals surface area contributed by atoms with E-state index in [1.807, 2.05) is 117 Å². The summed E-state index contributed by atoms with van der Waals surface area (Å²) >= 11 is 6.42. The molecule has 0 radical (unpaired) electrons. The van der Waals surface area contributed by atoms with Crippen LogP contribution in [0.15, 0.2) is 107 Å². The van der Waals surface area contributed by atoms with Gasteiger partial charge in [0.15, 0.2) is 12.5 Å². The fourth-order valence-electron chi connectivity index (χ4n) is 11.0. The predicted octanol–water partition coefficient (Wildman–Crippen LogP) is 8.78. The van der Waals surface area contributed by atoms with E-state index in [1.54, 1.807) is 48.6 Å². The van der Waals surface area contributed by atoms with Gasteiger partial charge in [-0.05, 0) is 125 Å². The molecule has 92 heavy (non-hydrogen) atoms. The molecule has 2 amide bonds. The zero-order chi connectivity index (χ0) is 66.8. The van der Waals surface area contributed by atoms with Crippen LogP contribution in [0.5, 0.6) is 0 Å². The average Bonchev–Trinajstić information content (AvgIpc) is 1.29. The zero-order valence-electron chi connectivity index (χ0n) is 51.7. The fourth-order valence-corrected chi connectivity index (χ4v) is 16.1. The lowest BCUT2D eigenvalue weighted by Gasteiger charge is -2.33. The van der Waals surface area contributed by atoms with Gasteiger partial charge in [0.1, 0.15) is 11.2 Å². The number of aromatic nitrogens is 4. The van der Waals surface area contributed by atoms with Crippen molar-refractivity contribution in [2.75, 3.05) is 53.4 Å². The van der Waals surface area contributed by atoms with E-state index in [1.165, 1.54) is 25.0 Å². The highest BCUT2D eigenvalue weighted by atomic mass is 79.9. The molecule has 3 N–H and O–H groups in total. The lowest BCUT2D eigenvalue weighted by molar-refractivity contribution is -0.385. The highest BCUT2D eigenvalue weighted by Crippen LogP contribution is 2.37. The number of rotatable bonds is 7. The van der Waals surface area contributed by atoms with Gasteiger partial charge in [-0.1, -0.05) is 62.2 Å². The minimum atomic E-state index is -3.71. The molecule has 4 aromatic carbocycles. The number of nitro groups is 1. The number of halogens is 2. The molecule has 12 rings (SSSR count). The number of fused-ring (bicyclic) bond motifs is 3. The number of aryl methyl sites for hydroxylation is 2. The lowest BCUT2D eigenvalue weighted by atomic mass is 10.0. The van der Waals surface area contributed by atoms with Crippen LogP contribution in [0.4, 0.5) is 32.3 Å². The molecule has 492 valence electrons. The van der Waals surface area contributed by atoms with Crippen LogP contribution in [0.3, 0.4) is 0 Å². The first-order chi connectivity index (χ1) is 43.2. The third-order valence-electron chi connectivity index (χ3n) is 15.5. The van der Waals surface area contributed by atoms with Gasteiger partial charge in [-0.2, -0.15) is 53.6 Å². The average molecular weight is 1450 g/mol. The standard InChI is InChI=1S/C20H27N5O4S.C16H22BrN3O4S.C16H18N6O2S.C7H4BrNO3/c1-20(2,3)29-19(26)24-8-7-17(13-24)25-12-15-6-5-14(16-10-21-23(4)11-16)9-18(15)22-30(25,27)28;1-16(2,3)24-15(21)19-7-6-13(10-19)20-9-11-4-5-12(17)8-14(11)18-25(20,22)23;1-20-8-14(7-18-20)12-2-3-13-9-22(15-4-5-21(10-15)11-17)25(23,24)19-16(13)6-12;8-6-2-1-5(4-10)7(3-6)9(11)12/h5-6,9-11,17,22H,7-8,12-13H2,1-4H3;4-5,8,13,18H,6-7,9-10H2,1-3H3;2-3,6-8,15,19H,4-5,9-10H2,1H3;1-4H/t17-;13-;15-;/m111./s1. The first-order valence-electron chi connectivity index (χ1n) is 29.1. The normalized spacial score (nSPS) is 20.4. The lowest BCUT2D eigenvalue weighted by Crippen LogP contribution is -2.47. The van der Waals surface area contributed by atoms with Crippen LogP contribution in [0.1, 0.15) is 87.9 Å². The van der Waals surface area contributed by atoms with E-state index in [0.717, 1.165) is 43.4 Å². The van der Waals surface area contributed by atoms with Crippen molar-refractivity contribution in [2.24, 2.45) is 14.1 Å². The number of aldehydes is 1. The zero-order valence-corrected chi connectivity index (χ0v) is 57.3. The number of carbonyl (C=O) groups is 3. The van der Waals surface area contributed by atoms with Crippen LogP contribution in [0.25, 0.3) is 22.3 Å². The molecular formula is C59H71Br2N15O13S3. The Balaban J connectivity index is 0.000000150. The van der Waals surface area contributed by atoms with Crippen LogP contribution in [-0.4, -0.2) is 164 Å². The van der Waals surface area contributed by atoms with Crippen molar-refractivity contribution in [3.05, 3.63) is 139 Å². The molecule has 0 spiro atoms. The van der Waals surface area contributed by atoms with E-state index in [2.05, 4.69) is 62.4 Å². The Labute approximate surface area is 551 Å². The summed E-state index contributed by atoms with van der Waals surface area (Å²) in [7, 11) is -7.29. The summed E-state index contributed by atoms with van der Waals surface area (Å²) in [4.78, 5) is 49.4. The predicted molar refractivity (Wildman–Crippen MR) is 350 cm³/mol. The van der Waals surface area contributed by atoms with Crippen molar-refractivity contribution in [1.29, 1.82) is 5.26 Å². The second kappa shape index (κ2) is 27.5. The number of carbonyl (C=O) groups excluding carboxylic acids is 3. The molecule has 8 heterocycles. The number of hydrogen-bond donors (Lipinski definition) is 3. The van der Waals surface area contributed by atoms with Crippen LogP contribution >= 0.6 is 31.9 Å². The Bertz CT molecular complexity index is 4190. The van der Waals surface area contributed by atoms with E-state index >= 15 is 0 Å². The van der Waals surface area contributed by atoms with Crippen LogP contribution in [-0.2, 0) is 73.8 Å². The molecule has 3 atom stereocenters. The number of ether oxygens (including phenoxy) is 2. The van der Waals surface area contributed by atoms with Crippen molar-refractivity contribution in [3.8, 4) is 28.4 Å². The molecule has 0 aliphatic carbocycles. The Kier molecular flexibility index (Phi) is 20.5. The summed E-state index contributed by atoms with van der Waals surface area (Å²) in [5.74, 6) is 0. The number of likely N-dealkylation sites (tertiary alicyclic amines) is 3. The van der Waals surface area contributed by atoms with Gasteiger partial charge in [0.2, 0.25) is 0 Å². The first kappa shape index (κ1) is 68.7. The molecule has 3 fully saturated rings. The summed E-state index contributed by atoms with van der Waals surface area (Å²) in [5.41, 5.74) is 6.93. The number of hydrogen-bond acceptors (Lipinski definition) is 17. The maximum Gasteiger partial charge on any atom is 0.410 e. The summed E-state index contributed by atoms with van der Waals surface area (Å²) in [6.45, 7) is 14.4. The van der Waals surface area contributed by atoms with Crippen molar-refractivity contribution < 1.29 is 54.0 Å². The van der Waals surface area contributed by atoms with Crippen molar-refractivity contribution >= 4 is 104 Å². The molecule has 6 aliphatic rings. The van der Waals surface area contributed by atoms with E-state index in [9.17, 15) is 49.8 Å². The third-order valence-corrected chi connectivity index (χ3v) is 21.0. The number of nitriles is 1. The Morgan fingerprint density at radius 2 is 1.00 bits per heavy atom. The van der Waals surface area contributed by atoms with Gasteiger partial charge in [0.25, 0.3) is 5.69 Å². The van der Waals surface area contributed by atoms with Crippen LogP contribution in [0, 0.1) is 21.6 Å². The monoisotopic (exact) mass is 1450 g/mol. The Morgan fingerprint density at radius 1 is 0.609 bits per heavy atom. The van der Waals surface area contributed by atoms with E-state index in [4.69, 9.17) is 14.7 Å². The summed E-state index contributed by atoms with van der Waals surface area (Å²) < 4.78 is 104. The summed E-state index contributed by atoms with van der Waals surface area (Å²) in [6.07, 6.45) is 10.8. The smallest absolute Gasteiger partial charge is 0.410 e. The minimum Gasteiger partial charge on any atom is -0.444 e. The molecular weight excluding hydrogens is 1380 g/mol. The highest BCUT2D eigenvalue weighted by molar-refractivity contribution is 9.10. The van der Waals surface area contributed by atoms with Gasteiger partial charge >= 0.3 is 42.8 Å². The van der Waals surface area contributed by atoms with Gasteiger partial charge in [-0.25, -0.2) is 9.59 Å². The van der Waals surface area contributed by atoms with Gasteiger partial charge in [-0.3, -0.25) is 38.4 Å². The number of amides is 2. The van der Waals surface area contributed by atoms with Crippen LogP contribution in [0.2, 0.25) is 0 Å². The second-order valence-corrected chi connectivity index (χ2v) is 31.3. The largest absolute Gasteiger partial charge is 0.444 e. The molecule has 0 saturated carbocycles. The third kappa shape index (κ3) is 16.7. The van der Waals surface area contributed by atoms with Gasteiger partial charge in [0, 0.05) is 130 Å². The molecule has 33 heteroatoms. The number of nitro benzene ring substituents is 1. The fraction of sp³-hybridized carbons (Fsp3) is 0.424. The maximum absolute atomic E-state index is 13.0. The molecule has 28 nitrogen and oxygen atoms in total. The summed E-state index contributed by atoms with van der Waals surface area (Å²) in [5, 5.41) is 27.7. The molecule has 6 aromatic rings. The van der Waals surface area contributed by atoms with Gasteiger partial charge in [-0.15, -0.1) is 0 Å². The van der Waals surface area contributed by atoms with Crippen molar-refractivity contribution in [2.45, 2.75) is 110 Å². The van der Waals surface area contributed by atoms with Crippen LogP contribution < -0.4 is 14.2 Å². The maximum atomic E-state index is 13.0. The molecule has 6 aliphatic heterocycles. The number of nitrogens with zero attached hydrogens (tertiary/aromatic N) is 12. The van der Waals surface area contributed by atoms with Gasteiger partial charge < -0.3 is 24.2 Å². The first-order valence-corrected chi connectivity index (χ1v) is 35.0. The molecule has 0 unspecified atom stereocenters. The number of anilines is 3. The second-order valence-electron chi connectivity index (χ2n) is 24.6. The Morgan fingerprint density at radius 3 is 1.38 bits per heavy atom. The van der Waals surface area contributed by atoms with Gasteiger partial charge in [0.05, 0.1) is 39.9 Å². The van der Waals surface area contributed by atoms with E-state index < -0.39 is 58.9 Å². The Hall–Kier alpha value is -7.71. The number of benzene rings is 4. The van der Waals surface area contributed by atoms with E-state index in [-0.39, 0.29) is 35.9 Å². The summed E-state index contributed by atoms with van der Waals surface area (Å²) in [6, 6.07) is 20.6.